The van der Waals surface area contributed by atoms with Gasteiger partial charge in [0.15, 0.2) is 0 Å². The quantitative estimate of drug-likeness (QED) is 0.0549. The van der Waals surface area contributed by atoms with E-state index in [1.165, 1.54) is 11.9 Å². The molecule has 0 aromatic heterocycles. The molecule has 5 rings (SSSR count). The van der Waals surface area contributed by atoms with Crippen LogP contribution in [0.2, 0.25) is 0 Å². The van der Waals surface area contributed by atoms with Crippen LogP contribution in [-0.4, -0.2) is 186 Å². The molecule has 2 saturated heterocycles. The van der Waals surface area contributed by atoms with Crippen molar-refractivity contribution in [2.24, 2.45) is 10.8 Å². The zero-order valence-electron chi connectivity index (χ0n) is 52.3. The van der Waals surface area contributed by atoms with Crippen LogP contribution in [0.25, 0.3) is 0 Å². The fourth-order valence-corrected chi connectivity index (χ4v) is 10.1. The molecule has 3 aromatic carbocycles. The fourth-order valence-electron chi connectivity index (χ4n) is 10.1. The number of hydrogen-bond acceptors (Lipinski definition) is 11. The molecule has 22 nitrogen and oxygen atoms in total. The van der Waals surface area contributed by atoms with Crippen molar-refractivity contribution in [2.75, 3.05) is 77.1 Å². The molecule has 0 aliphatic carbocycles. The van der Waals surface area contributed by atoms with Crippen LogP contribution in [0.3, 0.4) is 0 Å². The highest BCUT2D eigenvalue weighted by Crippen LogP contribution is 2.29. The summed E-state index contributed by atoms with van der Waals surface area (Å²) >= 11 is 0. The normalized spacial score (nSPS) is 16.6. The molecule has 0 spiro atoms. The summed E-state index contributed by atoms with van der Waals surface area (Å²) in [4.78, 5) is 131. The van der Waals surface area contributed by atoms with Gasteiger partial charge in [-0.3, -0.25) is 33.7 Å². The summed E-state index contributed by atoms with van der Waals surface area (Å²) in [7, 11) is 3.15. The van der Waals surface area contributed by atoms with Gasteiger partial charge in [-0.1, -0.05) is 102 Å². The zero-order valence-corrected chi connectivity index (χ0v) is 52.3. The maximum absolute atomic E-state index is 14.5. The number of carbonyl (C=O) groups excluding carboxylic acids is 9. The topological polar surface area (TPSA) is 263 Å². The van der Waals surface area contributed by atoms with E-state index in [-0.39, 0.29) is 67.8 Å². The number of ether oxygens (including phenoxy) is 1. The predicted molar refractivity (Wildman–Crippen MR) is 328 cm³/mol. The number of hydrogen-bond donors (Lipinski definition) is 7. The molecule has 0 saturated carbocycles. The van der Waals surface area contributed by atoms with Crippen LogP contribution < -0.4 is 37.2 Å². The van der Waals surface area contributed by atoms with Gasteiger partial charge in [0.05, 0.1) is 19.1 Å². The van der Waals surface area contributed by atoms with Crippen molar-refractivity contribution in [1.82, 2.24) is 51.1 Å². The number of nitrogens with one attached hydrogen (secondary N) is 7. The number of nitrogens with zero attached hydrogens (tertiary/aromatic N) is 5. The monoisotopic (exact) mass is 1180 g/mol. The molecule has 2 aliphatic heterocycles. The van der Waals surface area contributed by atoms with Gasteiger partial charge in [-0.25, -0.2) is 14.4 Å². The standard InChI is InChI=1S/C63H94N12O10/c1-42(64-12)54(78)69-52(61(3,4)5)56(80)74-34-20-26-48(74)40-72(36-32-44-22-16-14-17-23-44)50(76)38-65-58(82)67-46-28-30-47(31-29-46)68-59(83)66-39-51(77)73(37-33-45-24-18-15-19-25-45)41-49-27-21-35-75(49)57(81)53(62(6,7)8)70-55(79)43(2)71(13)60(84)85-63(9,10)11/h14-19,22-25,28-31,42-43,48-49,52-53,64H,20-21,26-27,32-41H2,1-13H3,(H,69,78)(H,70,79)(H2,65,67,82)(H2,66,68,83)/t42-,43-,48-,49-,52+,53+/m0/s1. The second kappa shape index (κ2) is 30.9. The number of carbonyl (C=O) groups is 9. The maximum atomic E-state index is 14.5. The van der Waals surface area contributed by atoms with Gasteiger partial charge in [0.25, 0.3) is 0 Å². The van der Waals surface area contributed by atoms with Gasteiger partial charge in [-0.15, -0.1) is 0 Å². The maximum Gasteiger partial charge on any atom is 0.410 e. The van der Waals surface area contributed by atoms with Crippen molar-refractivity contribution in [2.45, 2.75) is 157 Å². The highest BCUT2D eigenvalue weighted by Gasteiger charge is 2.43. The van der Waals surface area contributed by atoms with E-state index in [0.717, 1.165) is 17.5 Å². The minimum absolute atomic E-state index is 0.186. The van der Waals surface area contributed by atoms with Crippen LogP contribution in [0, 0.1) is 10.8 Å². The van der Waals surface area contributed by atoms with Crippen molar-refractivity contribution in [1.29, 1.82) is 0 Å². The Morgan fingerprint density at radius 1 is 0.576 bits per heavy atom. The van der Waals surface area contributed by atoms with Crippen LogP contribution in [0.4, 0.5) is 25.8 Å². The molecular formula is C63H94N12O10. The molecule has 0 bridgehead atoms. The highest BCUT2D eigenvalue weighted by molar-refractivity contribution is 5.95. The second-order valence-electron chi connectivity index (χ2n) is 25.4. The molecule has 22 heteroatoms. The lowest BCUT2D eigenvalue weighted by Crippen LogP contribution is -2.60. The molecular weight excluding hydrogens is 1080 g/mol. The van der Waals surface area contributed by atoms with E-state index in [1.807, 2.05) is 102 Å². The smallest absolute Gasteiger partial charge is 0.410 e. The summed E-state index contributed by atoms with van der Waals surface area (Å²) in [5.74, 6) is -2.01. The van der Waals surface area contributed by atoms with Gasteiger partial charge in [-0.05, 0) is 126 Å². The second-order valence-corrected chi connectivity index (χ2v) is 25.4. The molecule has 2 fully saturated rings. The van der Waals surface area contributed by atoms with Crippen LogP contribution in [0.5, 0.6) is 0 Å². The van der Waals surface area contributed by atoms with Crippen molar-refractivity contribution in [3.05, 3.63) is 96.1 Å². The first-order chi connectivity index (χ1) is 39.9. The number of anilines is 2. The lowest BCUT2D eigenvalue weighted by molar-refractivity contribution is -0.142. The molecule has 85 heavy (non-hydrogen) atoms. The molecule has 2 aliphatic rings. The average Bonchev–Trinajstić information content (AvgIpc) is 3.18. The van der Waals surface area contributed by atoms with Gasteiger partial charge >= 0.3 is 18.2 Å². The van der Waals surface area contributed by atoms with E-state index in [2.05, 4.69) is 37.2 Å². The van der Waals surface area contributed by atoms with Crippen molar-refractivity contribution < 1.29 is 47.9 Å². The zero-order chi connectivity index (χ0) is 62.8. The highest BCUT2D eigenvalue weighted by atomic mass is 16.6. The minimum Gasteiger partial charge on any atom is -0.444 e. The Labute approximate surface area is 502 Å². The van der Waals surface area contributed by atoms with Crippen LogP contribution in [0.1, 0.15) is 113 Å². The first-order valence-corrected chi connectivity index (χ1v) is 29.6. The summed E-state index contributed by atoms with van der Waals surface area (Å²) in [6, 6.07) is 20.5. The van der Waals surface area contributed by atoms with Gasteiger partial charge in [-0.2, -0.15) is 0 Å². The average molecular weight is 1180 g/mol. The summed E-state index contributed by atoms with van der Waals surface area (Å²) < 4.78 is 5.46. The molecule has 6 atom stereocenters. The molecule has 7 N–H and O–H groups in total. The fraction of sp³-hybridized carbons (Fsp3) is 0.571. The predicted octanol–water partition coefficient (Wildman–Crippen LogP) is 5.98. The Balaban J connectivity index is 1.17. The van der Waals surface area contributed by atoms with Gasteiger partial charge in [0, 0.05) is 69.8 Å². The lowest BCUT2D eigenvalue weighted by Gasteiger charge is -2.38. The third-order valence-electron chi connectivity index (χ3n) is 15.4. The molecule has 0 unspecified atom stereocenters. The number of amides is 11. The third-order valence-corrected chi connectivity index (χ3v) is 15.4. The van der Waals surface area contributed by atoms with Crippen LogP contribution >= 0.6 is 0 Å². The van der Waals surface area contributed by atoms with Gasteiger partial charge in [0.2, 0.25) is 35.4 Å². The first kappa shape index (κ1) is 68.0. The number of likely N-dealkylation sites (N-methyl/N-ethyl adjacent to an activating group) is 2. The number of rotatable bonds is 24. The SMILES string of the molecule is CN[C@@H](C)C(=O)N[C@H](C(=O)N1CCC[C@H]1CN(CCc1ccccc1)C(=O)CNC(=O)Nc1ccc(NC(=O)NCC(=O)N(CCc2ccccc2)C[C@@H]2CCCN2C(=O)[C@@H](NC(=O)[C@H](C)N(C)C(=O)OC(C)(C)C)C(C)(C)C)cc1)C(C)(C)C. The Kier molecular flexibility index (Phi) is 24.7. The largest absolute Gasteiger partial charge is 0.444 e. The first-order valence-electron chi connectivity index (χ1n) is 29.6. The Bertz CT molecular complexity index is 2750. The van der Waals surface area contributed by atoms with E-state index in [1.54, 1.807) is 85.5 Å². The van der Waals surface area contributed by atoms with Crippen molar-refractivity contribution >= 4 is 65.0 Å². The molecule has 2 heterocycles. The summed E-state index contributed by atoms with van der Waals surface area (Å²) in [5, 5.41) is 19.6. The lowest BCUT2D eigenvalue weighted by atomic mass is 9.85. The Morgan fingerprint density at radius 2 is 0.965 bits per heavy atom. The van der Waals surface area contributed by atoms with Gasteiger partial charge in [0.1, 0.15) is 23.7 Å². The van der Waals surface area contributed by atoms with E-state index in [4.69, 9.17) is 4.74 Å². The minimum atomic E-state index is -0.955. The Hall–Kier alpha value is -7.75. The summed E-state index contributed by atoms with van der Waals surface area (Å²) in [6.45, 7) is 21.1. The molecule has 11 amide bonds. The van der Waals surface area contributed by atoms with E-state index in [9.17, 15) is 43.2 Å². The van der Waals surface area contributed by atoms with Crippen LogP contribution in [-0.2, 0) is 46.3 Å². The van der Waals surface area contributed by atoms with Crippen molar-refractivity contribution in [3.63, 3.8) is 0 Å². The molecule has 466 valence electrons. The Morgan fingerprint density at radius 3 is 1.33 bits per heavy atom. The van der Waals surface area contributed by atoms with E-state index in [0.29, 0.717) is 69.7 Å². The third kappa shape index (κ3) is 21.1. The summed E-state index contributed by atoms with van der Waals surface area (Å²) in [6.07, 6.45) is 3.09. The number of urea groups is 2. The van der Waals surface area contributed by atoms with Crippen LogP contribution in [0.15, 0.2) is 84.9 Å². The number of benzene rings is 3. The number of likely N-dealkylation sites (tertiary alicyclic amines) is 2. The summed E-state index contributed by atoms with van der Waals surface area (Å²) in [5.41, 5.74) is 0.699. The van der Waals surface area contributed by atoms with E-state index >= 15 is 0 Å². The van der Waals surface area contributed by atoms with Gasteiger partial charge < -0.3 is 61.6 Å². The van der Waals surface area contributed by atoms with Crippen molar-refractivity contribution in [3.8, 4) is 0 Å². The molecule has 0 radical (unpaired) electrons. The van der Waals surface area contributed by atoms with E-state index < -0.39 is 64.7 Å². The molecule has 3 aromatic rings.